The molecule has 1 unspecified atom stereocenters. The standard InChI is InChI=1S/C19H20N4O2/c1-12-7-4-5-8-14(12)19(25)21-13(2)18(24)22-16-9-6-10-17-15(16)11-20-23(17)3/h4-11,13H,1-3H3,(H,21,25)(H,22,24). The highest BCUT2D eigenvalue weighted by molar-refractivity contribution is 6.05. The number of aromatic nitrogens is 2. The van der Waals surface area contributed by atoms with E-state index in [2.05, 4.69) is 15.7 Å². The maximum atomic E-state index is 12.5. The predicted molar refractivity (Wildman–Crippen MR) is 97.5 cm³/mol. The molecular formula is C19H20N4O2. The van der Waals surface area contributed by atoms with Gasteiger partial charge in [-0.05, 0) is 37.6 Å². The smallest absolute Gasteiger partial charge is 0.252 e. The third-order valence-corrected chi connectivity index (χ3v) is 4.18. The third kappa shape index (κ3) is 3.38. The van der Waals surface area contributed by atoms with Gasteiger partial charge in [0.15, 0.2) is 0 Å². The second-order valence-corrected chi connectivity index (χ2v) is 6.01. The number of nitrogens with one attached hydrogen (secondary N) is 2. The minimum absolute atomic E-state index is 0.264. The number of rotatable bonds is 4. The molecule has 0 fully saturated rings. The Morgan fingerprint density at radius 1 is 1.12 bits per heavy atom. The third-order valence-electron chi connectivity index (χ3n) is 4.18. The molecule has 128 valence electrons. The molecule has 0 saturated heterocycles. The van der Waals surface area contributed by atoms with Crippen LogP contribution in [0.25, 0.3) is 10.9 Å². The molecule has 6 nitrogen and oxygen atoms in total. The topological polar surface area (TPSA) is 76.0 Å². The highest BCUT2D eigenvalue weighted by atomic mass is 16.2. The van der Waals surface area contributed by atoms with E-state index in [1.54, 1.807) is 29.9 Å². The summed E-state index contributed by atoms with van der Waals surface area (Å²) in [6, 6.07) is 12.2. The van der Waals surface area contributed by atoms with Gasteiger partial charge < -0.3 is 10.6 Å². The van der Waals surface area contributed by atoms with E-state index in [1.165, 1.54) is 0 Å². The van der Waals surface area contributed by atoms with Gasteiger partial charge in [-0.2, -0.15) is 5.10 Å². The normalized spacial score (nSPS) is 12.0. The van der Waals surface area contributed by atoms with Gasteiger partial charge in [0.2, 0.25) is 5.91 Å². The zero-order valence-corrected chi connectivity index (χ0v) is 14.4. The Morgan fingerprint density at radius 2 is 1.88 bits per heavy atom. The van der Waals surface area contributed by atoms with Gasteiger partial charge in [0.1, 0.15) is 6.04 Å². The van der Waals surface area contributed by atoms with Gasteiger partial charge in [0.25, 0.3) is 5.91 Å². The Hall–Kier alpha value is -3.15. The van der Waals surface area contributed by atoms with Gasteiger partial charge >= 0.3 is 0 Å². The minimum Gasteiger partial charge on any atom is -0.341 e. The van der Waals surface area contributed by atoms with E-state index in [0.29, 0.717) is 11.3 Å². The Bertz CT molecular complexity index is 946. The number of hydrogen-bond acceptors (Lipinski definition) is 3. The average Bonchev–Trinajstić information content (AvgIpc) is 2.97. The Labute approximate surface area is 145 Å². The molecule has 0 radical (unpaired) electrons. The van der Waals surface area contributed by atoms with Crippen LogP contribution in [-0.2, 0) is 11.8 Å². The lowest BCUT2D eigenvalue weighted by Crippen LogP contribution is -2.41. The lowest BCUT2D eigenvalue weighted by atomic mass is 10.1. The minimum atomic E-state index is -0.668. The number of fused-ring (bicyclic) bond motifs is 1. The summed E-state index contributed by atoms with van der Waals surface area (Å²) in [6.07, 6.45) is 1.71. The Morgan fingerprint density at radius 3 is 2.64 bits per heavy atom. The van der Waals surface area contributed by atoms with Gasteiger partial charge in [0, 0.05) is 18.0 Å². The van der Waals surface area contributed by atoms with E-state index in [4.69, 9.17) is 0 Å². The Balaban J connectivity index is 1.72. The number of anilines is 1. The highest BCUT2D eigenvalue weighted by Crippen LogP contribution is 2.22. The highest BCUT2D eigenvalue weighted by Gasteiger charge is 2.18. The zero-order chi connectivity index (χ0) is 18.0. The first-order valence-corrected chi connectivity index (χ1v) is 8.05. The van der Waals surface area contributed by atoms with Crippen molar-refractivity contribution in [2.75, 3.05) is 5.32 Å². The van der Waals surface area contributed by atoms with Gasteiger partial charge in [-0.1, -0.05) is 24.3 Å². The van der Waals surface area contributed by atoms with Gasteiger partial charge in [-0.25, -0.2) is 0 Å². The van der Waals surface area contributed by atoms with Crippen LogP contribution in [0.15, 0.2) is 48.7 Å². The van der Waals surface area contributed by atoms with Crippen molar-refractivity contribution < 1.29 is 9.59 Å². The predicted octanol–water partition coefficient (Wildman–Crippen LogP) is 2.64. The molecule has 0 bridgehead atoms. The first-order chi connectivity index (χ1) is 12.0. The summed E-state index contributed by atoms with van der Waals surface area (Å²) >= 11 is 0. The van der Waals surface area contributed by atoms with Crippen molar-refractivity contribution in [1.82, 2.24) is 15.1 Å². The second-order valence-electron chi connectivity index (χ2n) is 6.01. The van der Waals surface area contributed by atoms with Crippen LogP contribution in [0.2, 0.25) is 0 Å². The van der Waals surface area contributed by atoms with Crippen LogP contribution in [0.5, 0.6) is 0 Å². The molecule has 0 saturated carbocycles. The van der Waals surface area contributed by atoms with Crippen molar-refractivity contribution in [3.05, 3.63) is 59.8 Å². The molecule has 2 N–H and O–H groups in total. The second kappa shape index (κ2) is 6.76. The fraction of sp³-hybridized carbons (Fsp3) is 0.211. The van der Waals surface area contributed by atoms with E-state index in [0.717, 1.165) is 16.5 Å². The Kier molecular flexibility index (Phi) is 4.52. The van der Waals surface area contributed by atoms with Crippen molar-refractivity contribution in [2.45, 2.75) is 19.9 Å². The van der Waals surface area contributed by atoms with Crippen molar-refractivity contribution in [2.24, 2.45) is 7.05 Å². The molecule has 2 aromatic carbocycles. The van der Waals surface area contributed by atoms with Crippen LogP contribution in [-0.4, -0.2) is 27.6 Å². The summed E-state index contributed by atoms with van der Waals surface area (Å²) in [7, 11) is 1.85. The molecule has 2 amide bonds. The summed E-state index contributed by atoms with van der Waals surface area (Å²) in [5.74, 6) is -0.543. The van der Waals surface area contributed by atoms with E-state index in [9.17, 15) is 9.59 Å². The number of carbonyl (C=O) groups excluding carboxylic acids is 2. The molecule has 0 spiro atoms. The van der Waals surface area contributed by atoms with Crippen LogP contribution < -0.4 is 10.6 Å². The first-order valence-electron chi connectivity index (χ1n) is 8.05. The summed E-state index contributed by atoms with van der Waals surface area (Å²) in [5.41, 5.74) is 3.03. The van der Waals surface area contributed by atoms with E-state index in [-0.39, 0.29) is 11.8 Å². The number of amides is 2. The van der Waals surface area contributed by atoms with Gasteiger partial charge in [-0.3, -0.25) is 14.3 Å². The van der Waals surface area contributed by atoms with Crippen LogP contribution in [0.4, 0.5) is 5.69 Å². The lowest BCUT2D eigenvalue weighted by Gasteiger charge is -2.15. The number of aryl methyl sites for hydroxylation is 2. The molecule has 6 heteroatoms. The largest absolute Gasteiger partial charge is 0.341 e. The summed E-state index contributed by atoms with van der Waals surface area (Å²) in [4.78, 5) is 24.8. The fourth-order valence-electron chi connectivity index (χ4n) is 2.70. The van der Waals surface area contributed by atoms with Gasteiger partial charge in [0.05, 0.1) is 17.4 Å². The van der Waals surface area contributed by atoms with Crippen molar-refractivity contribution in [3.8, 4) is 0 Å². The van der Waals surface area contributed by atoms with Crippen LogP contribution >= 0.6 is 0 Å². The summed E-state index contributed by atoms with van der Waals surface area (Å²) in [5, 5.41) is 10.7. The van der Waals surface area contributed by atoms with Crippen molar-refractivity contribution >= 4 is 28.4 Å². The number of carbonyl (C=O) groups is 2. The molecule has 1 aromatic heterocycles. The zero-order valence-electron chi connectivity index (χ0n) is 14.4. The molecule has 1 atom stereocenters. The molecule has 0 aliphatic rings. The molecule has 3 rings (SSSR count). The van der Waals surface area contributed by atoms with E-state index < -0.39 is 6.04 Å². The number of nitrogens with zero attached hydrogens (tertiary/aromatic N) is 2. The number of hydrogen-bond donors (Lipinski definition) is 2. The van der Waals surface area contributed by atoms with Crippen LogP contribution in [0.1, 0.15) is 22.8 Å². The molecular weight excluding hydrogens is 316 g/mol. The molecule has 0 aliphatic carbocycles. The molecule has 0 aliphatic heterocycles. The molecule has 3 aromatic rings. The summed E-state index contributed by atoms with van der Waals surface area (Å²) in [6.45, 7) is 3.53. The molecule has 1 heterocycles. The monoisotopic (exact) mass is 336 g/mol. The summed E-state index contributed by atoms with van der Waals surface area (Å²) < 4.78 is 1.74. The van der Waals surface area contributed by atoms with E-state index >= 15 is 0 Å². The maximum Gasteiger partial charge on any atom is 0.252 e. The van der Waals surface area contributed by atoms with Crippen molar-refractivity contribution in [1.29, 1.82) is 0 Å². The maximum absolute atomic E-state index is 12.5. The van der Waals surface area contributed by atoms with Gasteiger partial charge in [-0.15, -0.1) is 0 Å². The lowest BCUT2D eigenvalue weighted by molar-refractivity contribution is -0.117. The van der Waals surface area contributed by atoms with Crippen LogP contribution in [0, 0.1) is 6.92 Å². The first kappa shape index (κ1) is 16.7. The molecule has 25 heavy (non-hydrogen) atoms. The average molecular weight is 336 g/mol. The fourth-order valence-corrected chi connectivity index (χ4v) is 2.70. The van der Waals surface area contributed by atoms with Crippen LogP contribution in [0.3, 0.4) is 0 Å². The number of benzene rings is 2. The van der Waals surface area contributed by atoms with Crippen molar-refractivity contribution in [3.63, 3.8) is 0 Å². The van der Waals surface area contributed by atoms with E-state index in [1.807, 2.05) is 44.3 Å². The quantitative estimate of drug-likeness (QED) is 0.769. The SMILES string of the molecule is Cc1ccccc1C(=O)NC(C)C(=O)Nc1cccc2c1cnn2C.